The Balaban J connectivity index is 1.87. The van der Waals surface area contributed by atoms with Crippen molar-refractivity contribution in [3.05, 3.63) is 51.4 Å². The number of nitrogens with one attached hydrogen (secondary N) is 2. The summed E-state index contributed by atoms with van der Waals surface area (Å²) in [5.74, 6) is -1.55. The molecule has 0 fully saturated rings. The zero-order valence-corrected chi connectivity index (χ0v) is 15.6. The van der Waals surface area contributed by atoms with Gasteiger partial charge in [-0.25, -0.2) is 4.98 Å². The van der Waals surface area contributed by atoms with Gasteiger partial charge >= 0.3 is 11.8 Å². The van der Waals surface area contributed by atoms with Crippen molar-refractivity contribution in [3.63, 3.8) is 0 Å². The average Bonchev–Trinajstić information content (AvgIpc) is 2.66. The van der Waals surface area contributed by atoms with Gasteiger partial charge in [0.2, 0.25) is 5.91 Å². The van der Waals surface area contributed by atoms with Crippen molar-refractivity contribution in [2.24, 2.45) is 5.73 Å². The number of benzene rings is 1. The zero-order valence-electron chi connectivity index (χ0n) is 15.6. The molecule has 2 heterocycles. The summed E-state index contributed by atoms with van der Waals surface area (Å²) < 4.78 is 0. The van der Waals surface area contributed by atoms with Crippen molar-refractivity contribution < 1.29 is 14.4 Å². The van der Waals surface area contributed by atoms with E-state index in [1.165, 1.54) is 4.90 Å². The second kappa shape index (κ2) is 7.63. The molecule has 1 aromatic heterocycles. The number of rotatable bonds is 3. The van der Waals surface area contributed by atoms with Crippen LogP contribution >= 0.6 is 0 Å². The van der Waals surface area contributed by atoms with Gasteiger partial charge in [0.05, 0.1) is 12.2 Å². The molecular weight excluding hydrogens is 362 g/mol. The van der Waals surface area contributed by atoms with Crippen LogP contribution in [0.3, 0.4) is 0 Å². The summed E-state index contributed by atoms with van der Waals surface area (Å²) in [5.41, 5.74) is 6.86. The van der Waals surface area contributed by atoms with Gasteiger partial charge in [-0.05, 0) is 32.4 Å². The third-order valence-electron chi connectivity index (χ3n) is 4.42. The lowest BCUT2D eigenvalue weighted by Gasteiger charge is -2.27. The van der Waals surface area contributed by atoms with Crippen LogP contribution in [0, 0.1) is 0 Å². The number of aromatic nitrogens is 2. The molecule has 0 saturated heterocycles. The van der Waals surface area contributed by atoms with E-state index in [0.717, 1.165) is 0 Å². The van der Waals surface area contributed by atoms with Crippen molar-refractivity contribution in [2.75, 3.05) is 6.54 Å². The summed E-state index contributed by atoms with van der Waals surface area (Å²) in [4.78, 5) is 56.5. The summed E-state index contributed by atoms with van der Waals surface area (Å²) in [6.07, 6.45) is 0.319. The first kappa shape index (κ1) is 19.3. The van der Waals surface area contributed by atoms with Gasteiger partial charge < -0.3 is 20.9 Å². The summed E-state index contributed by atoms with van der Waals surface area (Å²) in [5, 5.41) is 2.57. The van der Waals surface area contributed by atoms with Crippen LogP contribution in [-0.4, -0.2) is 45.2 Å². The zero-order chi connectivity index (χ0) is 20.4. The van der Waals surface area contributed by atoms with E-state index in [4.69, 9.17) is 5.73 Å². The number of amides is 3. The van der Waals surface area contributed by atoms with Gasteiger partial charge in [-0.15, -0.1) is 0 Å². The molecular formula is C19H21N5O4. The number of primary amides is 1. The molecule has 3 rings (SSSR count). The van der Waals surface area contributed by atoms with E-state index >= 15 is 0 Å². The monoisotopic (exact) mass is 383 g/mol. The first-order valence-corrected chi connectivity index (χ1v) is 8.88. The normalized spacial score (nSPS) is 13.2. The van der Waals surface area contributed by atoms with Gasteiger partial charge in [0, 0.05) is 29.3 Å². The topological polar surface area (TPSA) is 138 Å². The van der Waals surface area contributed by atoms with E-state index in [2.05, 4.69) is 15.3 Å². The second-order valence-corrected chi connectivity index (χ2v) is 6.89. The van der Waals surface area contributed by atoms with Crippen LogP contribution in [0.4, 0.5) is 0 Å². The molecule has 146 valence electrons. The number of fused-ring (bicyclic) bond motifs is 1. The molecule has 0 bridgehead atoms. The fourth-order valence-corrected chi connectivity index (χ4v) is 3.01. The lowest BCUT2D eigenvalue weighted by atomic mass is 10.1. The summed E-state index contributed by atoms with van der Waals surface area (Å²) in [6, 6.07) is 6.20. The Morgan fingerprint density at radius 3 is 2.50 bits per heavy atom. The standard InChI is InChI=1S/C19H21N5O4/c1-10(2)21-18(27)19(28)24-8-7-13-14(9-24)22-16(23-17(13)26)12-5-3-11(4-6-12)15(20)25/h3-6,10H,7-9H2,1-2H3,(H2,20,25)(H,21,27)(H,22,23,26). The highest BCUT2D eigenvalue weighted by Crippen LogP contribution is 2.19. The summed E-state index contributed by atoms with van der Waals surface area (Å²) in [7, 11) is 0. The Kier molecular flexibility index (Phi) is 5.25. The van der Waals surface area contributed by atoms with Gasteiger partial charge in [0.15, 0.2) is 0 Å². The highest BCUT2D eigenvalue weighted by atomic mass is 16.2. The maximum absolute atomic E-state index is 12.4. The van der Waals surface area contributed by atoms with Crippen LogP contribution < -0.4 is 16.6 Å². The number of nitrogens with two attached hydrogens (primary N) is 1. The number of hydrogen-bond acceptors (Lipinski definition) is 5. The number of hydrogen-bond donors (Lipinski definition) is 3. The highest BCUT2D eigenvalue weighted by Gasteiger charge is 2.28. The first-order chi connectivity index (χ1) is 13.3. The van der Waals surface area contributed by atoms with E-state index in [-0.39, 0.29) is 24.7 Å². The van der Waals surface area contributed by atoms with Crippen molar-refractivity contribution in [1.29, 1.82) is 0 Å². The van der Waals surface area contributed by atoms with Crippen molar-refractivity contribution in [3.8, 4) is 11.4 Å². The molecule has 28 heavy (non-hydrogen) atoms. The molecule has 0 radical (unpaired) electrons. The number of nitrogens with zero attached hydrogens (tertiary/aromatic N) is 2. The van der Waals surface area contributed by atoms with Crippen molar-refractivity contribution >= 4 is 17.7 Å². The molecule has 0 saturated carbocycles. The molecule has 9 nitrogen and oxygen atoms in total. The predicted octanol–water partition coefficient (Wildman–Crippen LogP) is -0.0549. The van der Waals surface area contributed by atoms with Gasteiger partial charge in [0.1, 0.15) is 5.82 Å². The minimum atomic E-state index is -0.675. The maximum atomic E-state index is 12.4. The minimum absolute atomic E-state index is 0.0793. The molecule has 1 aromatic carbocycles. The third-order valence-corrected chi connectivity index (χ3v) is 4.42. The quantitative estimate of drug-likeness (QED) is 0.638. The number of aromatic amines is 1. The minimum Gasteiger partial charge on any atom is -0.366 e. The Hall–Kier alpha value is -3.49. The van der Waals surface area contributed by atoms with Crippen LogP contribution in [0.1, 0.15) is 35.5 Å². The van der Waals surface area contributed by atoms with E-state index in [1.54, 1.807) is 38.1 Å². The SMILES string of the molecule is CC(C)NC(=O)C(=O)N1CCc2c(nc(-c3ccc(C(N)=O)cc3)[nH]c2=O)C1. The van der Waals surface area contributed by atoms with Crippen molar-refractivity contribution in [2.45, 2.75) is 32.9 Å². The lowest BCUT2D eigenvalue weighted by molar-refractivity contribution is -0.146. The number of carbonyl (C=O) groups excluding carboxylic acids is 3. The lowest BCUT2D eigenvalue weighted by Crippen LogP contribution is -2.47. The van der Waals surface area contributed by atoms with Crippen LogP contribution in [0.25, 0.3) is 11.4 Å². The molecule has 0 aliphatic carbocycles. The summed E-state index contributed by atoms with van der Waals surface area (Å²) >= 11 is 0. The molecule has 0 spiro atoms. The molecule has 1 aliphatic heterocycles. The average molecular weight is 383 g/mol. The van der Waals surface area contributed by atoms with Crippen molar-refractivity contribution in [1.82, 2.24) is 20.2 Å². The van der Waals surface area contributed by atoms with Crippen LogP contribution in [0.2, 0.25) is 0 Å². The van der Waals surface area contributed by atoms with E-state index in [9.17, 15) is 19.2 Å². The summed E-state index contributed by atoms with van der Waals surface area (Å²) in [6.45, 7) is 3.89. The molecule has 0 atom stereocenters. The smallest absolute Gasteiger partial charge is 0.312 e. The Labute approximate surface area is 161 Å². The maximum Gasteiger partial charge on any atom is 0.312 e. The molecule has 4 N–H and O–H groups in total. The first-order valence-electron chi connectivity index (χ1n) is 8.88. The Morgan fingerprint density at radius 2 is 1.89 bits per heavy atom. The fourth-order valence-electron chi connectivity index (χ4n) is 3.01. The van der Waals surface area contributed by atoms with Crippen LogP contribution in [-0.2, 0) is 22.6 Å². The van der Waals surface area contributed by atoms with Gasteiger partial charge in [0.25, 0.3) is 5.56 Å². The van der Waals surface area contributed by atoms with E-state index in [0.29, 0.717) is 34.6 Å². The number of carbonyl (C=O) groups is 3. The molecule has 2 aromatic rings. The van der Waals surface area contributed by atoms with Gasteiger partial charge in [-0.1, -0.05) is 12.1 Å². The third kappa shape index (κ3) is 3.93. The molecule has 1 aliphatic rings. The molecule has 3 amide bonds. The van der Waals surface area contributed by atoms with Gasteiger partial charge in [-0.2, -0.15) is 0 Å². The Morgan fingerprint density at radius 1 is 1.21 bits per heavy atom. The van der Waals surface area contributed by atoms with E-state index in [1.807, 2.05) is 0 Å². The molecule has 0 unspecified atom stereocenters. The van der Waals surface area contributed by atoms with E-state index < -0.39 is 17.7 Å². The van der Waals surface area contributed by atoms with Crippen LogP contribution in [0.15, 0.2) is 29.1 Å². The largest absolute Gasteiger partial charge is 0.366 e. The fraction of sp³-hybridized carbons (Fsp3) is 0.316. The Bertz CT molecular complexity index is 994. The second-order valence-electron chi connectivity index (χ2n) is 6.89. The van der Waals surface area contributed by atoms with Gasteiger partial charge in [-0.3, -0.25) is 19.2 Å². The molecule has 9 heteroatoms. The number of H-pyrrole nitrogens is 1. The van der Waals surface area contributed by atoms with Crippen LogP contribution in [0.5, 0.6) is 0 Å². The predicted molar refractivity (Wildman–Crippen MR) is 101 cm³/mol. The highest BCUT2D eigenvalue weighted by molar-refractivity contribution is 6.35.